The molecule has 14 heavy (non-hydrogen) atoms. The normalized spacial score (nSPS) is 11.1. The van der Waals surface area contributed by atoms with Crippen molar-refractivity contribution in [3.8, 4) is 0 Å². The fourth-order valence-electron chi connectivity index (χ4n) is 1.68. The summed E-state index contributed by atoms with van der Waals surface area (Å²) in [5.74, 6) is 0. The second-order valence-electron chi connectivity index (χ2n) is 3.20. The molecular formula is C11H7NO2. The van der Waals surface area contributed by atoms with Crippen LogP contribution in [0.4, 0.5) is 0 Å². The average Bonchev–Trinajstić information content (AvgIpc) is 2.61. The number of rotatable bonds is 0. The van der Waals surface area contributed by atoms with E-state index in [1.807, 2.05) is 30.3 Å². The molecule has 0 aliphatic carbocycles. The van der Waals surface area contributed by atoms with E-state index in [0.717, 1.165) is 10.8 Å². The van der Waals surface area contributed by atoms with Gasteiger partial charge in [-0.1, -0.05) is 30.3 Å². The van der Waals surface area contributed by atoms with Crippen LogP contribution in [0, 0.1) is 0 Å². The first-order valence-electron chi connectivity index (χ1n) is 4.35. The third-order valence-corrected chi connectivity index (χ3v) is 2.37. The molecule has 0 bridgehead atoms. The largest absolute Gasteiger partial charge is 0.378 e. The lowest BCUT2D eigenvalue weighted by Crippen LogP contribution is -1.95. The second kappa shape index (κ2) is 2.48. The van der Waals surface area contributed by atoms with Gasteiger partial charge >= 0.3 is 0 Å². The molecule has 0 aliphatic rings. The van der Waals surface area contributed by atoms with E-state index in [-0.39, 0.29) is 5.56 Å². The van der Waals surface area contributed by atoms with E-state index >= 15 is 0 Å². The standard InChI is InChI=1S/C11H7NO2/c13-11-9-6-5-7-3-1-2-4-8(7)10(9)14-12-11/h1-6H,(H,12,13). The Kier molecular flexibility index (Phi) is 1.31. The van der Waals surface area contributed by atoms with Crippen LogP contribution >= 0.6 is 0 Å². The molecule has 0 radical (unpaired) electrons. The fraction of sp³-hybridized carbons (Fsp3) is 0. The minimum Gasteiger partial charge on any atom is -0.378 e. The van der Waals surface area contributed by atoms with Crippen molar-refractivity contribution in [2.75, 3.05) is 0 Å². The lowest BCUT2D eigenvalue weighted by atomic mass is 10.1. The number of benzene rings is 2. The molecule has 0 aliphatic heterocycles. The molecular weight excluding hydrogens is 178 g/mol. The number of hydrogen-bond acceptors (Lipinski definition) is 2. The zero-order valence-corrected chi connectivity index (χ0v) is 7.28. The summed E-state index contributed by atoms with van der Waals surface area (Å²) in [6.45, 7) is 0. The van der Waals surface area contributed by atoms with Crippen LogP contribution in [0.2, 0.25) is 0 Å². The van der Waals surface area contributed by atoms with Crippen LogP contribution < -0.4 is 5.56 Å². The Morgan fingerprint density at radius 2 is 1.86 bits per heavy atom. The second-order valence-corrected chi connectivity index (χ2v) is 3.20. The number of H-pyrrole nitrogens is 1. The summed E-state index contributed by atoms with van der Waals surface area (Å²) in [6, 6.07) is 11.5. The maximum Gasteiger partial charge on any atom is 0.287 e. The molecule has 2 aromatic carbocycles. The topological polar surface area (TPSA) is 46.0 Å². The number of nitrogens with one attached hydrogen (secondary N) is 1. The summed E-state index contributed by atoms with van der Waals surface area (Å²) in [5, 5.41) is 4.97. The molecule has 0 saturated carbocycles. The van der Waals surface area contributed by atoms with Crippen molar-refractivity contribution >= 4 is 21.7 Å². The SMILES string of the molecule is O=c1[nH]oc2c1ccc1ccccc12. The Morgan fingerprint density at radius 3 is 2.79 bits per heavy atom. The Labute approximate surface area is 78.9 Å². The third-order valence-electron chi connectivity index (χ3n) is 2.37. The van der Waals surface area contributed by atoms with Crippen molar-refractivity contribution in [3.63, 3.8) is 0 Å². The molecule has 1 aromatic heterocycles. The molecule has 3 rings (SSSR count). The number of aromatic amines is 1. The molecule has 0 saturated heterocycles. The van der Waals surface area contributed by atoms with E-state index in [2.05, 4.69) is 5.16 Å². The summed E-state index contributed by atoms with van der Waals surface area (Å²) < 4.78 is 5.12. The van der Waals surface area contributed by atoms with Gasteiger partial charge in [0.2, 0.25) is 0 Å². The predicted molar refractivity (Wildman–Crippen MR) is 54.3 cm³/mol. The van der Waals surface area contributed by atoms with Crippen molar-refractivity contribution in [1.29, 1.82) is 0 Å². The van der Waals surface area contributed by atoms with Crippen molar-refractivity contribution in [2.45, 2.75) is 0 Å². The van der Waals surface area contributed by atoms with E-state index in [1.54, 1.807) is 6.07 Å². The summed E-state index contributed by atoms with van der Waals surface area (Å²) in [7, 11) is 0. The highest BCUT2D eigenvalue weighted by Gasteiger charge is 2.06. The highest BCUT2D eigenvalue weighted by atomic mass is 16.5. The van der Waals surface area contributed by atoms with Crippen molar-refractivity contribution in [1.82, 2.24) is 5.16 Å². The van der Waals surface area contributed by atoms with E-state index in [4.69, 9.17) is 4.52 Å². The average molecular weight is 185 g/mol. The minimum absolute atomic E-state index is 0.175. The third kappa shape index (κ3) is 0.836. The monoisotopic (exact) mass is 185 g/mol. The summed E-state index contributed by atoms with van der Waals surface area (Å²) in [5.41, 5.74) is 0.457. The van der Waals surface area contributed by atoms with Crippen LogP contribution in [0.3, 0.4) is 0 Å². The quantitative estimate of drug-likeness (QED) is 0.584. The molecule has 0 unspecified atom stereocenters. The molecule has 3 nitrogen and oxygen atoms in total. The lowest BCUT2D eigenvalue weighted by molar-refractivity contribution is 0.451. The van der Waals surface area contributed by atoms with Gasteiger partial charge in [-0.2, -0.15) is 5.16 Å². The van der Waals surface area contributed by atoms with Crippen LogP contribution in [-0.2, 0) is 0 Å². The molecule has 3 aromatic rings. The molecule has 0 spiro atoms. The minimum atomic E-state index is -0.175. The van der Waals surface area contributed by atoms with Gasteiger partial charge in [-0.05, 0) is 11.5 Å². The van der Waals surface area contributed by atoms with E-state index in [1.165, 1.54) is 0 Å². The molecule has 0 amide bonds. The van der Waals surface area contributed by atoms with Gasteiger partial charge in [0.05, 0.1) is 5.39 Å². The van der Waals surface area contributed by atoms with Gasteiger partial charge in [-0.3, -0.25) is 4.79 Å². The lowest BCUT2D eigenvalue weighted by Gasteiger charge is -1.95. The molecule has 68 valence electrons. The van der Waals surface area contributed by atoms with Gasteiger partial charge in [0.1, 0.15) is 0 Å². The highest BCUT2D eigenvalue weighted by molar-refractivity contribution is 6.03. The Morgan fingerprint density at radius 1 is 1.00 bits per heavy atom. The zero-order valence-electron chi connectivity index (χ0n) is 7.28. The van der Waals surface area contributed by atoms with Crippen LogP contribution in [0.1, 0.15) is 0 Å². The van der Waals surface area contributed by atoms with E-state index < -0.39 is 0 Å². The number of aromatic nitrogens is 1. The summed E-state index contributed by atoms with van der Waals surface area (Å²) in [6.07, 6.45) is 0. The van der Waals surface area contributed by atoms with Crippen LogP contribution in [0.5, 0.6) is 0 Å². The van der Waals surface area contributed by atoms with Crippen LogP contribution in [-0.4, -0.2) is 5.16 Å². The fourth-order valence-corrected chi connectivity index (χ4v) is 1.68. The maximum atomic E-state index is 11.3. The van der Waals surface area contributed by atoms with Crippen molar-refractivity contribution < 1.29 is 4.52 Å². The van der Waals surface area contributed by atoms with Crippen LogP contribution in [0.15, 0.2) is 45.7 Å². The molecule has 0 fully saturated rings. The molecule has 3 heteroatoms. The first-order valence-corrected chi connectivity index (χ1v) is 4.35. The van der Waals surface area contributed by atoms with Gasteiger partial charge in [-0.15, -0.1) is 0 Å². The van der Waals surface area contributed by atoms with Crippen molar-refractivity contribution in [3.05, 3.63) is 46.8 Å². The number of hydrogen-bond donors (Lipinski definition) is 1. The maximum absolute atomic E-state index is 11.3. The molecule has 0 atom stereocenters. The molecule has 1 N–H and O–H groups in total. The Hall–Kier alpha value is -2.03. The molecule has 1 heterocycles. The van der Waals surface area contributed by atoms with Crippen LogP contribution in [0.25, 0.3) is 21.7 Å². The van der Waals surface area contributed by atoms with Gasteiger partial charge in [0, 0.05) is 5.39 Å². The smallest absolute Gasteiger partial charge is 0.287 e. The van der Waals surface area contributed by atoms with Crippen molar-refractivity contribution in [2.24, 2.45) is 0 Å². The van der Waals surface area contributed by atoms with E-state index in [0.29, 0.717) is 11.0 Å². The van der Waals surface area contributed by atoms with E-state index in [9.17, 15) is 4.79 Å². The summed E-state index contributed by atoms with van der Waals surface area (Å²) in [4.78, 5) is 11.3. The first-order chi connectivity index (χ1) is 6.86. The Balaban J connectivity index is 2.68. The zero-order chi connectivity index (χ0) is 9.54. The van der Waals surface area contributed by atoms with Gasteiger partial charge in [-0.25, -0.2) is 0 Å². The highest BCUT2D eigenvalue weighted by Crippen LogP contribution is 2.22. The predicted octanol–water partition coefficient (Wildman–Crippen LogP) is 2.27. The first kappa shape index (κ1) is 7.38. The Bertz CT molecular complexity index is 663. The van der Waals surface area contributed by atoms with Gasteiger partial charge in [0.15, 0.2) is 5.58 Å². The van der Waals surface area contributed by atoms with Gasteiger partial charge in [0.25, 0.3) is 5.56 Å². The van der Waals surface area contributed by atoms with Gasteiger partial charge < -0.3 is 4.52 Å². The number of fused-ring (bicyclic) bond motifs is 3. The summed E-state index contributed by atoms with van der Waals surface area (Å²) >= 11 is 0.